The smallest absolute Gasteiger partial charge is 0.0469 e. The highest BCUT2D eigenvalue weighted by molar-refractivity contribution is 5.13. The van der Waals surface area contributed by atoms with Gasteiger partial charge in [-0.05, 0) is 19.1 Å². The first-order valence-corrected chi connectivity index (χ1v) is 3.88. The summed E-state index contributed by atoms with van der Waals surface area (Å²) in [6.45, 7) is 4.17. The second kappa shape index (κ2) is 3.91. The van der Waals surface area contributed by atoms with Crippen LogP contribution in [0.1, 0.15) is 25.5 Å². The molecular weight excluding hydrogens is 134 g/mol. The Morgan fingerprint density at radius 2 is 2.27 bits per heavy atom. The second-order valence-corrected chi connectivity index (χ2v) is 2.57. The van der Waals surface area contributed by atoms with E-state index in [9.17, 15) is 0 Å². The third-order valence-corrected chi connectivity index (χ3v) is 1.64. The predicted octanol–water partition coefficient (Wildman–Crippen LogP) is 2.76. The van der Waals surface area contributed by atoms with Gasteiger partial charge in [-0.25, -0.2) is 0 Å². The zero-order valence-electron chi connectivity index (χ0n) is 6.99. The molecule has 0 N–H and O–H groups in total. The summed E-state index contributed by atoms with van der Waals surface area (Å²) in [5.41, 5.74) is 1.13. The van der Waals surface area contributed by atoms with Crippen LogP contribution < -0.4 is 0 Å². The predicted molar refractivity (Wildman–Crippen MR) is 47.5 cm³/mol. The van der Waals surface area contributed by atoms with Gasteiger partial charge in [0, 0.05) is 17.8 Å². The minimum Gasteiger partial charge on any atom is -0.261 e. The quantitative estimate of drug-likeness (QED) is 0.586. The van der Waals surface area contributed by atoms with E-state index in [1.54, 1.807) is 0 Å². The van der Waals surface area contributed by atoms with E-state index in [1.807, 2.05) is 31.3 Å². The van der Waals surface area contributed by atoms with Crippen LogP contribution in [0.25, 0.3) is 0 Å². The first-order valence-electron chi connectivity index (χ1n) is 3.88. The molecule has 0 aliphatic carbocycles. The number of pyridine rings is 1. The molecule has 0 saturated heterocycles. The van der Waals surface area contributed by atoms with Gasteiger partial charge in [0.25, 0.3) is 0 Å². The highest BCUT2D eigenvalue weighted by Gasteiger charge is 1.99. The van der Waals surface area contributed by atoms with Crippen molar-refractivity contribution in [2.75, 3.05) is 0 Å². The molecule has 0 aliphatic rings. The Balaban J connectivity index is 2.76. The average Bonchev–Trinajstić information content (AvgIpc) is 2.07. The Morgan fingerprint density at radius 1 is 1.45 bits per heavy atom. The van der Waals surface area contributed by atoms with Crippen molar-refractivity contribution >= 4 is 0 Å². The van der Waals surface area contributed by atoms with Crippen molar-refractivity contribution in [3.8, 4) is 0 Å². The Bertz CT molecular complexity index is 226. The van der Waals surface area contributed by atoms with Crippen LogP contribution in [0.3, 0.4) is 0 Å². The molecule has 1 rings (SSSR count). The van der Waals surface area contributed by atoms with Gasteiger partial charge in [-0.1, -0.05) is 25.1 Å². The summed E-state index contributed by atoms with van der Waals surface area (Å²) in [4.78, 5) is 4.25. The first kappa shape index (κ1) is 7.99. The van der Waals surface area contributed by atoms with Gasteiger partial charge in [-0.15, -0.1) is 0 Å². The molecule has 0 radical (unpaired) electrons. The summed E-state index contributed by atoms with van der Waals surface area (Å²) >= 11 is 0. The zero-order chi connectivity index (χ0) is 8.10. The topological polar surface area (TPSA) is 12.9 Å². The summed E-state index contributed by atoms with van der Waals surface area (Å²) in [5, 5.41) is 0. The summed E-state index contributed by atoms with van der Waals surface area (Å²) in [5.74, 6) is 0.432. The standard InChI is InChI=1S/C10H13N/c1-3-6-9(2)10-7-4-5-8-11-10/h3-9H,1-2H3/b6-3+/t9-/m0/s1. The molecule has 1 heterocycles. The molecule has 0 unspecified atom stereocenters. The van der Waals surface area contributed by atoms with Crippen LogP contribution in [0.2, 0.25) is 0 Å². The number of hydrogen-bond acceptors (Lipinski definition) is 1. The number of rotatable bonds is 2. The highest BCUT2D eigenvalue weighted by atomic mass is 14.7. The largest absolute Gasteiger partial charge is 0.261 e. The molecule has 1 nitrogen and oxygen atoms in total. The lowest BCUT2D eigenvalue weighted by Gasteiger charge is -2.02. The Morgan fingerprint density at radius 3 is 2.82 bits per heavy atom. The molecule has 0 amide bonds. The maximum atomic E-state index is 4.25. The van der Waals surface area contributed by atoms with E-state index in [0.717, 1.165) is 5.69 Å². The zero-order valence-corrected chi connectivity index (χ0v) is 6.99. The van der Waals surface area contributed by atoms with Gasteiger partial charge < -0.3 is 0 Å². The molecule has 0 aliphatic heterocycles. The average molecular weight is 147 g/mol. The monoisotopic (exact) mass is 147 g/mol. The molecular formula is C10H13N. The highest BCUT2D eigenvalue weighted by Crippen LogP contribution is 2.12. The summed E-state index contributed by atoms with van der Waals surface area (Å²) in [6.07, 6.45) is 6.02. The Hall–Kier alpha value is -1.11. The van der Waals surface area contributed by atoms with Gasteiger partial charge >= 0.3 is 0 Å². The molecule has 58 valence electrons. The van der Waals surface area contributed by atoms with Gasteiger partial charge in [0.15, 0.2) is 0 Å². The van der Waals surface area contributed by atoms with Crippen molar-refractivity contribution in [1.29, 1.82) is 0 Å². The lowest BCUT2D eigenvalue weighted by atomic mass is 10.1. The fraction of sp³-hybridized carbons (Fsp3) is 0.300. The maximum absolute atomic E-state index is 4.25. The van der Waals surface area contributed by atoms with E-state index in [-0.39, 0.29) is 0 Å². The molecule has 0 aromatic carbocycles. The molecule has 0 saturated carbocycles. The van der Waals surface area contributed by atoms with Crippen LogP contribution in [0.15, 0.2) is 36.5 Å². The number of aromatic nitrogens is 1. The molecule has 1 aromatic rings. The summed E-state index contributed by atoms with van der Waals surface area (Å²) in [6, 6.07) is 6.00. The number of hydrogen-bond donors (Lipinski definition) is 0. The molecule has 0 bridgehead atoms. The van der Waals surface area contributed by atoms with Crippen molar-refractivity contribution in [2.24, 2.45) is 0 Å². The Kier molecular flexibility index (Phi) is 2.84. The van der Waals surface area contributed by atoms with Crippen LogP contribution in [0, 0.1) is 0 Å². The van der Waals surface area contributed by atoms with Gasteiger partial charge in [0.1, 0.15) is 0 Å². The minimum absolute atomic E-state index is 0.432. The van der Waals surface area contributed by atoms with Gasteiger partial charge in [-0.2, -0.15) is 0 Å². The summed E-state index contributed by atoms with van der Waals surface area (Å²) in [7, 11) is 0. The van der Waals surface area contributed by atoms with E-state index in [1.165, 1.54) is 0 Å². The van der Waals surface area contributed by atoms with Crippen molar-refractivity contribution in [3.63, 3.8) is 0 Å². The molecule has 11 heavy (non-hydrogen) atoms. The van der Waals surface area contributed by atoms with E-state index >= 15 is 0 Å². The lowest BCUT2D eigenvalue weighted by molar-refractivity contribution is 0.905. The van der Waals surface area contributed by atoms with Crippen LogP contribution in [0.4, 0.5) is 0 Å². The fourth-order valence-corrected chi connectivity index (χ4v) is 1.03. The van der Waals surface area contributed by atoms with Crippen LogP contribution >= 0.6 is 0 Å². The van der Waals surface area contributed by atoms with E-state index in [4.69, 9.17) is 0 Å². The lowest BCUT2D eigenvalue weighted by Crippen LogP contribution is -1.91. The SMILES string of the molecule is C/C=C/[C@H](C)c1ccccn1. The molecule has 0 fully saturated rings. The summed E-state index contributed by atoms with van der Waals surface area (Å²) < 4.78 is 0. The van der Waals surface area contributed by atoms with E-state index < -0.39 is 0 Å². The fourth-order valence-electron chi connectivity index (χ4n) is 1.03. The normalized spacial score (nSPS) is 13.6. The van der Waals surface area contributed by atoms with Crippen molar-refractivity contribution < 1.29 is 0 Å². The molecule has 1 heteroatoms. The van der Waals surface area contributed by atoms with Crippen molar-refractivity contribution in [1.82, 2.24) is 4.98 Å². The van der Waals surface area contributed by atoms with E-state index in [2.05, 4.69) is 24.1 Å². The molecule has 1 aromatic heterocycles. The molecule has 1 atom stereocenters. The third-order valence-electron chi connectivity index (χ3n) is 1.64. The van der Waals surface area contributed by atoms with Crippen LogP contribution in [0.5, 0.6) is 0 Å². The van der Waals surface area contributed by atoms with Gasteiger partial charge in [0.05, 0.1) is 0 Å². The van der Waals surface area contributed by atoms with E-state index in [0.29, 0.717) is 5.92 Å². The maximum Gasteiger partial charge on any atom is 0.0469 e. The van der Waals surface area contributed by atoms with Gasteiger partial charge in [-0.3, -0.25) is 4.98 Å². The minimum atomic E-state index is 0.432. The van der Waals surface area contributed by atoms with Gasteiger partial charge in [0.2, 0.25) is 0 Å². The third kappa shape index (κ3) is 2.19. The van der Waals surface area contributed by atoms with Crippen LogP contribution in [-0.2, 0) is 0 Å². The molecule has 0 spiro atoms. The van der Waals surface area contributed by atoms with Crippen molar-refractivity contribution in [2.45, 2.75) is 19.8 Å². The second-order valence-electron chi connectivity index (χ2n) is 2.57. The number of nitrogens with zero attached hydrogens (tertiary/aromatic N) is 1. The Labute approximate surface area is 67.8 Å². The first-order chi connectivity index (χ1) is 5.34. The van der Waals surface area contributed by atoms with Crippen LogP contribution in [-0.4, -0.2) is 4.98 Å². The van der Waals surface area contributed by atoms with Crippen molar-refractivity contribution in [3.05, 3.63) is 42.2 Å². The number of allylic oxidation sites excluding steroid dienone is 2.